The summed E-state index contributed by atoms with van der Waals surface area (Å²) in [6.07, 6.45) is 1.34. The van der Waals surface area contributed by atoms with E-state index in [4.69, 9.17) is 5.73 Å². The minimum atomic E-state index is -0.817. The molecule has 0 aliphatic heterocycles. The number of nitrogens with two attached hydrogens (primary N) is 1. The fraction of sp³-hybridized carbons (Fsp3) is 0.294. The van der Waals surface area contributed by atoms with Gasteiger partial charge >= 0.3 is 0 Å². The third kappa shape index (κ3) is 3.05. The highest BCUT2D eigenvalue weighted by Gasteiger charge is 2.16. The number of hydrogen-bond donors (Lipinski definition) is 1. The third-order valence-electron chi connectivity index (χ3n) is 3.69. The molecule has 0 aliphatic carbocycles. The molecule has 2 aromatic rings. The van der Waals surface area contributed by atoms with Crippen LogP contribution in [0.4, 0.5) is 8.78 Å². The van der Waals surface area contributed by atoms with Crippen molar-refractivity contribution in [1.29, 1.82) is 0 Å². The predicted molar refractivity (Wildman–Crippen MR) is 77.5 cm³/mol. The predicted octanol–water partition coefficient (Wildman–Crippen LogP) is 4.21. The van der Waals surface area contributed by atoms with Crippen LogP contribution in [0.3, 0.4) is 0 Å². The minimum absolute atomic E-state index is 0.252. The Hall–Kier alpha value is -1.74. The highest BCUT2D eigenvalue weighted by Crippen LogP contribution is 2.24. The zero-order valence-electron chi connectivity index (χ0n) is 11.8. The molecule has 106 valence electrons. The zero-order valence-corrected chi connectivity index (χ0v) is 11.8. The molecule has 0 bridgehead atoms. The Labute approximate surface area is 118 Å². The van der Waals surface area contributed by atoms with Gasteiger partial charge in [-0.1, -0.05) is 36.4 Å². The second-order valence-corrected chi connectivity index (χ2v) is 5.17. The Balaban J connectivity index is 2.11. The number of hydrogen-bond acceptors (Lipinski definition) is 1. The van der Waals surface area contributed by atoms with Crippen molar-refractivity contribution in [1.82, 2.24) is 0 Å². The summed E-state index contributed by atoms with van der Waals surface area (Å²) >= 11 is 0. The Kier molecular flexibility index (Phi) is 4.50. The fourth-order valence-corrected chi connectivity index (χ4v) is 2.30. The molecule has 0 aromatic heterocycles. The van der Waals surface area contributed by atoms with Crippen LogP contribution >= 0.6 is 0 Å². The van der Waals surface area contributed by atoms with Crippen LogP contribution in [0.2, 0.25) is 0 Å². The maximum atomic E-state index is 13.9. The van der Waals surface area contributed by atoms with Crippen molar-refractivity contribution in [2.45, 2.75) is 32.7 Å². The summed E-state index contributed by atoms with van der Waals surface area (Å²) in [6, 6.07) is 10.7. The Bertz CT molecular complexity index is 608. The van der Waals surface area contributed by atoms with Gasteiger partial charge < -0.3 is 5.73 Å². The lowest BCUT2D eigenvalue weighted by atomic mass is 9.96. The van der Waals surface area contributed by atoms with E-state index in [1.54, 1.807) is 19.1 Å². The van der Waals surface area contributed by atoms with Crippen LogP contribution in [0.15, 0.2) is 36.4 Å². The first-order chi connectivity index (χ1) is 9.50. The maximum absolute atomic E-state index is 13.9. The number of aryl methyl sites for hydroxylation is 3. The van der Waals surface area contributed by atoms with Crippen LogP contribution in [-0.4, -0.2) is 0 Å². The molecule has 0 aliphatic rings. The van der Waals surface area contributed by atoms with Crippen LogP contribution < -0.4 is 5.73 Å². The molecule has 0 saturated heterocycles. The van der Waals surface area contributed by atoms with Crippen molar-refractivity contribution in [3.8, 4) is 0 Å². The van der Waals surface area contributed by atoms with Crippen molar-refractivity contribution in [2.24, 2.45) is 5.73 Å². The van der Waals surface area contributed by atoms with E-state index in [9.17, 15) is 8.78 Å². The molecule has 1 nitrogen and oxygen atoms in total. The molecule has 0 saturated carbocycles. The highest BCUT2D eigenvalue weighted by molar-refractivity contribution is 5.29. The van der Waals surface area contributed by atoms with Crippen LogP contribution in [0, 0.1) is 25.5 Å². The molecule has 3 heteroatoms. The van der Waals surface area contributed by atoms with Gasteiger partial charge in [0.15, 0.2) is 11.6 Å². The van der Waals surface area contributed by atoms with Gasteiger partial charge in [-0.25, -0.2) is 8.78 Å². The normalized spacial score (nSPS) is 12.4. The standard InChI is InChI=1S/C17H19F2N/c1-11-5-3-4-6-13(11)8-10-15(20)14-9-7-12(2)16(18)17(14)19/h3-7,9,15H,8,10,20H2,1-2H3. The summed E-state index contributed by atoms with van der Waals surface area (Å²) < 4.78 is 27.4. The summed E-state index contributed by atoms with van der Waals surface area (Å²) in [5, 5.41) is 0. The molecule has 2 N–H and O–H groups in total. The monoisotopic (exact) mass is 275 g/mol. The van der Waals surface area contributed by atoms with Crippen molar-refractivity contribution < 1.29 is 8.78 Å². The molecule has 0 spiro atoms. The molecule has 20 heavy (non-hydrogen) atoms. The summed E-state index contributed by atoms with van der Waals surface area (Å²) in [6.45, 7) is 3.58. The number of benzene rings is 2. The molecule has 1 atom stereocenters. The van der Waals surface area contributed by atoms with Crippen molar-refractivity contribution >= 4 is 0 Å². The van der Waals surface area contributed by atoms with Gasteiger partial charge in [0.25, 0.3) is 0 Å². The first kappa shape index (κ1) is 14.7. The summed E-state index contributed by atoms with van der Waals surface area (Å²) in [5.74, 6) is -1.61. The largest absolute Gasteiger partial charge is 0.324 e. The molecule has 0 fully saturated rings. The SMILES string of the molecule is Cc1ccccc1CCC(N)c1ccc(C)c(F)c1F. The lowest BCUT2D eigenvalue weighted by molar-refractivity contribution is 0.479. The molecule has 1 unspecified atom stereocenters. The Morgan fingerprint density at radius 3 is 2.35 bits per heavy atom. The van der Waals surface area contributed by atoms with Gasteiger partial charge in [0, 0.05) is 11.6 Å². The second-order valence-electron chi connectivity index (χ2n) is 5.17. The van der Waals surface area contributed by atoms with E-state index in [1.165, 1.54) is 11.1 Å². The smallest absolute Gasteiger partial charge is 0.163 e. The van der Waals surface area contributed by atoms with E-state index in [0.29, 0.717) is 12.0 Å². The first-order valence-corrected chi connectivity index (χ1v) is 6.75. The molecule has 0 heterocycles. The molecular weight excluding hydrogens is 256 g/mol. The van der Waals surface area contributed by atoms with E-state index in [1.807, 2.05) is 31.2 Å². The highest BCUT2D eigenvalue weighted by atomic mass is 19.2. The van der Waals surface area contributed by atoms with Crippen LogP contribution in [0.5, 0.6) is 0 Å². The van der Waals surface area contributed by atoms with E-state index in [0.717, 1.165) is 6.42 Å². The Morgan fingerprint density at radius 1 is 0.950 bits per heavy atom. The van der Waals surface area contributed by atoms with Crippen molar-refractivity contribution in [2.75, 3.05) is 0 Å². The lowest BCUT2D eigenvalue weighted by Gasteiger charge is -2.15. The third-order valence-corrected chi connectivity index (χ3v) is 3.69. The van der Waals surface area contributed by atoms with Crippen molar-refractivity contribution in [3.05, 3.63) is 70.3 Å². The lowest BCUT2D eigenvalue weighted by Crippen LogP contribution is -2.14. The quantitative estimate of drug-likeness (QED) is 0.888. The van der Waals surface area contributed by atoms with Gasteiger partial charge in [-0.05, 0) is 43.4 Å². The maximum Gasteiger partial charge on any atom is 0.163 e. The summed E-state index contributed by atoms with van der Waals surface area (Å²) in [5.41, 5.74) is 8.94. The van der Waals surface area contributed by atoms with Gasteiger partial charge in [0.2, 0.25) is 0 Å². The van der Waals surface area contributed by atoms with Crippen molar-refractivity contribution in [3.63, 3.8) is 0 Å². The molecule has 2 aromatic carbocycles. The molecule has 0 amide bonds. The average Bonchev–Trinajstić information content (AvgIpc) is 2.44. The molecule has 2 rings (SSSR count). The number of halogens is 2. The van der Waals surface area contributed by atoms with E-state index >= 15 is 0 Å². The molecule has 0 radical (unpaired) electrons. The van der Waals surface area contributed by atoms with Gasteiger partial charge in [-0.3, -0.25) is 0 Å². The minimum Gasteiger partial charge on any atom is -0.324 e. The summed E-state index contributed by atoms with van der Waals surface area (Å²) in [4.78, 5) is 0. The topological polar surface area (TPSA) is 26.0 Å². The average molecular weight is 275 g/mol. The molecular formula is C17H19F2N. The van der Waals surface area contributed by atoms with Crippen LogP contribution in [0.1, 0.15) is 34.7 Å². The van der Waals surface area contributed by atoms with Gasteiger partial charge in [0.05, 0.1) is 0 Å². The van der Waals surface area contributed by atoms with E-state index in [-0.39, 0.29) is 5.56 Å². The Morgan fingerprint density at radius 2 is 1.65 bits per heavy atom. The second kappa shape index (κ2) is 6.14. The first-order valence-electron chi connectivity index (χ1n) is 6.75. The van der Waals surface area contributed by atoms with Gasteiger partial charge in [-0.2, -0.15) is 0 Å². The zero-order chi connectivity index (χ0) is 14.7. The van der Waals surface area contributed by atoms with Gasteiger partial charge in [0.1, 0.15) is 0 Å². The number of rotatable bonds is 4. The van der Waals surface area contributed by atoms with E-state index < -0.39 is 17.7 Å². The van der Waals surface area contributed by atoms with E-state index in [2.05, 4.69) is 0 Å². The van der Waals surface area contributed by atoms with Crippen LogP contribution in [-0.2, 0) is 6.42 Å². The fourth-order valence-electron chi connectivity index (χ4n) is 2.30. The van der Waals surface area contributed by atoms with Gasteiger partial charge in [-0.15, -0.1) is 0 Å². The van der Waals surface area contributed by atoms with Crippen LogP contribution in [0.25, 0.3) is 0 Å². The summed E-state index contributed by atoms with van der Waals surface area (Å²) in [7, 11) is 0.